The van der Waals surface area contributed by atoms with Crippen LogP contribution < -0.4 is 0 Å². The molecule has 0 aliphatic heterocycles. The van der Waals surface area contributed by atoms with Crippen molar-refractivity contribution >= 4 is 11.6 Å². The Balaban J connectivity index is 0. The predicted octanol–water partition coefficient (Wildman–Crippen LogP) is 1.37. The molecule has 1 aromatic carbocycles. The number of nitro groups is 1. The normalized spacial score (nSPS) is 8.22. The molecule has 0 saturated carbocycles. The smallest absolute Gasteiger partial charge is 0.291 e. The summed E-state index contributed by atoms with van der Waals surface area (Å²) in [6.45, 7) is 0. The Morgan fingerprint density at radius 3 is 1.89 bits per heavy atom. The molecule has 10 heteroatoms. The van der Waals surface area contributed by atoms with Crippen LogP contribution in [-0.4, -0.2) is 21.1 Å². The van der Waals surface area contributed by atoms with Gasteiger partial charge in [-0.05, 0) is 5.56 Å². The van der Waals surface area contributed by atoms with Gasteiger partial charge in [-0.2, -0.15) is 0 Å². The first-order valence-electron chi connectivity index (χ1n) is 4.14. The number of hydrogen-bond acceptors (Lipinski definition) is 5. The van der Waals surface area contributed by atoms with Gasteiger partial charge in [0.2, 0.25) is 0 Å². The molecule has 1 rings (SSSR count). The Hall–Kier alpha value is -1.61. The van der Waals surface area contributed by atoms with Crippen LogP contribution in [0.2, 0.25) is 0 Å². The van der Waals surface area contributed by atoms with Gasteiger partial charge in [0.1, 0.15) is 0 Å². The van der Waals surface area contributed by atoms with Crippen molar-refractivity contribution in [2.75, 3.05) is 0 Å². The van der Waals surface area contributed by atoms with E-state index in [4.69, 9.17) is 21.1 Å². The third kappa shape index (κ3) is 9.61. The number of nitrogens with one attached hydrogen (secondary N) is 1. The molecule has 0 aliphatic carbocycles. The summed E-state index contributed by atoms with van der Waals surface area (Å²) in [5.74, 6) is -0.700. The van der Waals surface area contributed by atoms with Gasteiger partial charge in [-0.15, -0.1) is 10.1 Å². The number of nitro benzene ring substituents is 1. The second-order valence-electron chi connectivity index (χ2n) is 2.76. The largest absolute Gasteiger partial charge is 0.667 e. The third-order valence-electron chi connectivity index (χ3n) is 1.51. The van der Waals surface area contributed by atoms with Crippen molar-refractivity contribution in [3.63, 3.8) is 0 Å². The van der Waals surface area contributed by atoms with E-state index >= 15 is 0 Å². The number of benzene rings is 1. The summed E-state index contributed by atoms with van der Waals surface area (Å²) in [4.78, 5) is 28.5. The van der Waals surface area contributed by atoms with Crippen molar-refractivity contribution in [1.29, 1.82) is 0 Å². The standard InChI is InChI=1S/C8H8N2O3.HNO3.Y/c9-8(11)5-6-1-3-7(4-2-6)10(12)13;2-1(3)4;/h1-4H,5H2,(H2,9,11);(H,2,3,4);/p-1. The number of carbonyl (C=O) groups is 1. The maximum absolute atomic E-state index is 10.4. The summed E-state index contributed by atoms with van der Waals surface area (Å²) in [7, 11) is 0. The zero-order valence-electron chi connectivity index (χ0n) is 8.98. The van der Waals surface area contributed by atoms with Crippen LogP contribution in [0.15, 0.2) is 24.3 Å². The molecule has 0 fully saturated rings. The van der Waals surface area contributed by atoms with Crippen molar-refractivity contribution in [2.24, 2.45) is 0 Å². The van der Waals surface area contributed by atoms with Crippen LogP contribution in [0.5, 0.6) is 0 Å². The Bertz CT molecular complexity index is 417. The molecule has 1 amide bonds. The third-order valence-corrected chi connectivity index (χ3v) is 1.51. The van der Waals surface area contributed by atoms with Gasteiger partial charge in [0.25, 0.3) is 10.8 Å². The van der Waals surface area contributed by atoms with Crippen LogP contribution in [0, 0.1) is 20.2 Å². The molecule has 0 unspecified atom stereocenters. The molecule has 0 aliphatic rings. The summed E-state index contributed by atoms with van der Waals surface area (Å²) in [6.07, 6.45) is -0.00199. The maximum atomic E-state index is 10.4. The molecule has 0 bridgehead atoms. The Labute approximate surface area is 126 Å². The van der Waals surface area contributed by atoms with Gasteiger partial charge in [0.15, 0.2) is 0 Å². The molecule has 2 N–H and O–H groups in total. The number of carbonyl (C=O) groups excluding carboxylic acids is 1. The van der Waals surface area contributed by atoms with Gasteiger partial charge in [-0.1, -0.05) is 12.1 Å². The summed E-state index contributed by atoms with van der Waals surface area (Å²) >= 11 is 0. The summed E-state index contributed by atoms with van der Waals surface area (Å²) in [5.41, 5.74) is 7.28. The minimum atomic E-state index is -1.50. The average molecular weight is 331 g/mol. The molecule has 9 nitrogen and oxygen atoms in total. The number of hydrogen-bond donors (Lipinski definition) is 1. The molecule has 0 atom stereocenters. The van der Waals surface area contributed by atoms with Gasteiger partial charge < -0.3 is 15.7 Å². The zero-order valence-corrected chi connectivity index (χ0v) is 11.8. The molecule has 95 valence electrons. The van der Waals surface area contributed by atoms with Crippen LogP contribution in [0.4, 0.5) is 5.69 Å². The van der Waals surface area contributed by atoms with Gasteiger partial charge >= 0.3 is 0 Å². The van der Waals surface area contributed by atoms with E-state index in [1.165, 1.54) is 24.3 Å². The van der Waals surface area contributed by atoms with Gasteiger partial charge in [-0.25, -0.2) is 0 Å². The van der Waals surface area contributed by atoms with Gasteiger partial charge in [-0.3, -0.25) is 10.1 Å². The quantitative estimate of drug-likeness (QED) is 0.653. The molecule has 0 spiro atoms. The fourth-order valence-corrected chi connectivity index (χ4v) is 0.921. The number of nitrogens with zero attached hydrogens (tertiary/aromatic N) is 2. The minimum absolute atomic E-state index is 0. The van der Waals surface area contributed by atoms with E-state index in [0.717, 1.165) is 0 Å². The minimum Gasteiger partial charge on any atom is -0.667 e. The zero-order chi connectivity index (χ0) is 13.4. The Morgan fingerprint density at radius 2 is 1.61 bits per heavy atom. The first-order chi connectivity index (χ1) is 7.82. The van der Waals surface area contributed by atoms with Gasteiger partial charge in [0, 0.05) is 51.3 Å². The molecule has 1 radical (unpaired) electrons. The Morgan fingerprint density at radius 1 is 1.22 bits per heavy atom. The Kier molecular flexibility index (Phi) is 9.82. The van der Waals surface area contributed by atoms with Crippen LogP contribution in [-0.2, 0) is 43.9 Å². The van der Waals surface area contributed by atoms with E-state index in [1.54, 1.807) is 0 Å². The van der Waals surface area contributed by atoms with E-state index in [9.17, 15) is 14.9 Å². The topological polar surface area (TPSA) is 147 Å². The number of amides is 1. The first kappa shape index (κ1) is 18.8. The van der Waals surface area contributed by atoms with Crippen LogP contribution in [0.25, 0.3) is 5.73 Å². The predicted molar refractivity (Wildman–Crippen MR) is 54.9 cm³/mol. The van der Waals surface area contributed by atoms with Crippen molar-refractivity contribution in [2.45, 2.75) is 6.42 Å². The first-order valence-corrected chi connectivity index (χ1v) is 4.14. The van der Waals surface area contributed by atoms with Crippen LogP contribution >= 0.6 is 0 Å². The molecule has 0 aromatic heterocycles. The molecular weight excluding hydrogens is 323 g/mol. The van der Waals surface area contributed by atoms with Crippen molar-refractivity contribution in [1.82, 2.24) is 0 Å². The second kappa shape index (κ2) is 9.43. The number of non-ortho nitro benzene ring substituents is 1. The van der Waals surface area contributed by atoms with E-state index in [0.29, 0.717) is 5.56 Å². The molecule has 1 aromatic rings. The SMILES string of the molecule is O=[N+]([O-])O.[NH-]C(=O)Cc1ccc([N+](=O)[O-])cc1.[Y]. The fourth-order valence-electron chi connectivity index (χ4n) is 0.921. The summed E-state index contributed by atoms with van der Waals surface area (Å²) in [5, 5.41) is 23.9. The summed E-state index contributed by atoms with van der Waals surface area (Å²) in [6, 6.07) is 5.59. The number of rotatable bonds is 3. The monoisotopic (exact) mass is 331 g/mol. The molecule has 18 heavy (non-hydrogen) atoms. The average Bonchev–Trinajstić information content (AvgIpc) is 2.16. The van der Waals surface area contributed by atoms with Crippen molar-refractivity contribution in [3.8, 4) is 0 Å². The van der Waals surface area contributed by atoms with E-state index in [1.807, 2.05) is 0 Å². The summed E-state index contributed by atoms with van der Waals surface area (Å²) < 4.78 is 0. The van der Waals surface area contributed by atoms with Crippen molar-refractivity contribution in [3.05, 3.63) is 55.8 Å². The van der Waals surface area contributed by atoms with E-state index in [2.05, 4.69) is 0 Å². The van der Waals surface area contributed by atoms with E-state index in [-0.39, 0.29) is 44.8 Å². The fraction of sp³-hybridized carbons (Fsp3) is 0.125. The van der Waals surface area contributed by atoms with Crippen molar-refractivity contribution < 1.29 is 52.7 Å². The van der Waals surface area contributed by atoms with E-state index < -0.39 is 15.9 Å². The van der Waals surface area contributed by atoms with Crippen LogP contribution in [0.3, 0.4) is 0 Å². The molecule has 0 saturated heterocycles. The molecule has 0 heterocycles. The molecular formula is C8H8N3O6Y-. The second-order valence-corrected chi connectivity index (χ2v) is 2.76. The van der Waals surface area contributed by atoms with Crippen LogP contribution in [0.1, 0.15) is 5.56 Å². The van der Waals surface area contributed by atoms with Gasteiger partial charge in [0.05, 0.1) is 10.8 Å². The maximum Gasteiger partial charge on any atom is 0.291 e.